The molecule has 0 radical (unpaired) electrons. The quantitative estimate of drug-likeness (QED) is 0.723. The molecule has 3 heterocycles. The number of thiophene rings is 1. The lowest BCUT2D eigenvalue weighted by Crippen LogP contribution is -2.38. The summed E-state index contributed by atoms with van der Waals surface area (Å²) in [5, 5.41) is 1.94. The molecule has 116 valence electrons. The van der Waals surface area contributed by atoms with Gasteiger partial charge in [0.25, 0.3) is 5.91 Å². The van der Waals surface area contributed by atoms with Crippen molar-refractivity contribution in [3.8, 4) is 11.3 Å². The largest absolute Gasteiger partial charge is 0.329 e. The zero-order chi connectivity index (χ0) is 15.8. The fraction of sp³-hybridized carbons (Fsp3) is 0.222. The summed E-state index contributed by atoms with van der Waals surface area (Å²) in [6.07, 6.45) is 1.92. The van der Waals surface area contributed by atoms with E-state index in [2.05, 4.69) is 40.7 Å². The maximum Gasteiger partial charge on any atom is 0.264 e. The van der Waals surface area contributed by atoms with Gasteiger partial charge in [0.1, 0.15) is 5.82 Å². The summed E-state index contributed by atoms with van der Waals surface area (Å²) >= 11 is 1.49. The maximum atomic E-state index is 12.5. The topological polar surface area (TPSA) is 38.1 Å². The average molecular weight is 323 g/mol. The molecule has 0 spiro atoms. The van der Waals surface area contributed by atoms with Gasteiger partial charge in [-0.25, -0.2) is 4.98 Å². The minimum atomic E-state index is 0.103. The average Bonchev–Trinajstić information content (AvgIpc) is 3.23. The van der Waals surface area contributed by atoms with Crippen LogP contribution in [-0.4, -0.2) is 26.9 Å². The Morgan fingerprint density at radius 1 is 1.22 bits per heavy atom. The Balaban J connectivity index is 1.61. The van der Waals surface area contributed by atoms with Gasteiger partial charge in [0, 0.05) is 18.7 Å². The minimum absolute atomic E-state index is 0.103. The van der Waals surface area contributed by atoms with Crippen LogP contribution in [0.3, 0.4) is 0 Å². The number of carbonyl (C=O) groups excluding carboxylic acids is 1. The number of imidazole rings is 1. The molecule has 4 rings (SSSR count). The number of hydrogen-bond acceptors (Lipinski definition) is 3. The molecule has 0 saturated heterocycles. The molecule has 0 bridgehead atoms. The third-order valence-corrected chi connectivity index (χ3v) is 5.05. The molecule has 1 amide bonds. The van der Waals surface area contributed by atoms with Crippen LogP contribution < -0.4 is 0 Å². The normalized spacial score (nSPS) is 13.9. The lowest BCUT2D eigenvalue weighted by atomic mass is 10.1. The van der Waals surface area contributed by atoms with Crippen molar-refractivity contribution < 1.29 is 4.79 Å². The van der Waals surface area contributed by atoms with Crippen molar-refractivity contribution in [1.29, 1.82) is 0 Å². The molecular weight excluding hydrogens is 306 g/mol. The lowest BCUT2D eigenvalue weighted by Gasteiger charge is -2.28. The highest BCUT2D eigenvalue weighted by Gasteiger charge is 2.25. The number of fused-ring (bicyclic) bond motifs is 1. The third kappa shape index (κ3) is 2.57. The Hall–Kier alpha value is -2.40. The van der Waals surface area contributed by atoms with E-state index < -0.39 is 0 Å². The lowest BCUT2D eigenvalue weighted by molar-refractivity contribution is 0.0713. The molecule has 1 aliphatic heterocycles. The van der Waals surface area contributed by atoms with Crippen LogP contribution in [-0.2, 0) is 13.1 Å². The molecule has 0 fully saturated rings. The predicted molar refractivity (Wildman–Crippen MR) is 91.5 cm³/mol. The zero-order valence-electron chi connectivity index (χ0n) is 12.9. The van der Waals surface area contributed by atoms with E-state index >= 15 is 0 Å². The van der Waals surface area contributed by atoms with Crippen molar-refractivity contribution in [1.82, 2.24) is 14.5 Å². The smallest absolute Gasteiger partial charge is 0.264 e. The van der Waals surface area contributed by atoms with Crippen LogP contribution in [0.5, 0.6) is 0 Å². The highest BCUT2D eigenvalue weighted by molar-refractivity contribution is 7.12. The molecule has 0 aliphatic carbocycles. The summed E-state index contributed by atoms with van der Waals surface area (Å²) in [4.78, 5) is 19.7. The molecule has 4 nitrogen and oxygen atoms in total. The number of rotatable bonds is 2. The predicted octanol–water partition coefficient (Wildman–Crippen LogP) is 3.58. The van der Waals surface area contributed by atoms with Crippen LogP contribution in [0, 0.1) is 6.92 Å². The Bertz CT molecular complexity index is 851. The Kier molecular flexibility index (Phi) is 3.50. The molecule has 0 unspecified atom stereocenters. The van der Waals surface area contributed by atoms with E-state index in [1.807, 2.05) is 28.6 Å². The number of amides is 1. The van der Waals surface area contributed by atoms with Crippen molar-refractivity contribution >= 4 is 17.2 Å². The summed E-state index contributed by atoms with van der Waals surface area (Å²) < 4.78 is 2.23. The standard InChI is InChI=1S/C18H17N3OS/c1-13-4-2-5-14(10-13)15-11-19-17-12-20(7-8-21(15)17)18(22)16-6-3-9-23-16/h2-6,9-11H,7-8,12H2,1H3. The van der Waals surface area contributed by atoms with Crippen molar-refractivity contribution in [2.45, 2.75) is 20.0 Å². The first-order valence-corrected chi connectivity index (χ1v) is 8.54. The van der Waals surface area contributed by atoms with Gasteiger partial charge >= 0.3 is 0 Å². The molecule has 0 atom stereocenters. The summed E-state index contributed by atoms with van der Waals surface area (Å²) in [5.74, 6) is 1.06. The third-order valence-electron chi connectivity index (χ3n) is 4.20. The van der Waals surface area contributed by atoms with Crippen LogP contribution >= 0.6 is 11.3 Å². The van der Waals surface area contributed by atoms with Gasteiger partial charge < -0.3 is 9.47 Å². The van der Waals surface area contributed by atoms with Crippen LogP contribution in [0.15, 0.2) is 48.0 Å². The minimum Gasteiger partial charge on any atom is -0.329 e. The number of aryl methyl sites for hydroxylation is 1. The maximum absolute atomic E-state index is 12.5. The monoisotopic (exact) mass is 323 g/mol. The molecule has 1 aliphatic rings. The number of aromatic nitrogens is 2. The van der Waals surface area contributed by atoms with E-state index in [-0.39, 0.29) is 5.91 Å². The van der Waals surface area contributed by atoms with Crippen LogP contribution in [0.4, 0.5) is 0 Å². The number of benzene rings is 1. The van der Waals surface area contributed by atoms with Gasteiger partial charge in [-0.15, -0.1) is 11.3 Å². The van der Waals surface area contributed by atoms with Crippen molar-refractivity contribution in [3.63, 3.8) is 0 Å². The van der Waals surface area contributed by atoms with Gasteiger partial charge in [-0.2, -0.15) is 0 Å². The molecule has 0 saturated carbocycles. The summed E-state index contributed by atoms with van der Waals surface area (Å²) in [5.41, 5.74) is 3.55. The number of carbonyl (C=O) groups is 1. The number of hydrogen-bond donors (Lipinski definition) is 0. The highest BCUT2D eigenvalue weighted by atomic mass is 32.1. The van der Waals surface area contributed by atoms with Gasteiger partial charge in [0.05, 0.1) is 23.3 Å². The number of nitrogens with zero attached hydrogens (tertiary/aromatic N) is 3. The van der Waals surface area contributed by atoms with E-state index in [1.165, 1.54) is 22.5 Å². The van der Waals surface area contributed by atoms with Crippen molar-refractivity contribution in [2.75, 3.05) is 6.54 Å². The Morgan fingerprint density at radius 3 is 2.91 bits per heavy atom. The zero-order valence-corrected chi connectivity index (χ0v) is 13.7. The van der Waals surface area contributed by atoms with Gasteiger partial charge in [-0.3, -0.25) is 4.79 Å². The Labute approximate surface area is 139 Å². The van der Waals surface area contributed by atoms with E-state index in [0.29, 0.717) is 6.54 Å². The van der Waals surface area contributed by atoms with Crippen LogP contribution in [0.25, 0.3) is 11.3 Å². The fourth-order valence-electron chi connectivity index (χ4n) is 3.02. The van der Waals surface area contributed by atoms with Crippen LogP contribution in [0.2, 0.25) is 0 Å². The molecular formula is C18H17N3OS. The Morgan fingerprint density at radius 2 is 2.13 bits per heavy atom. The second kappa shape index (κ2) is 5.66. The van der Waals surface area contributed by atoms with Crippen LogP contribution in [0.1, 0.15) is 21.1 Å². The summed E-state index contributed by atoms with van der Waals surface area (Å²) in [7, 11) is 0. The summed E-state index contributed by atoms with van der Waals surface area (Å²) in [6, 6.07) is 12.2. The van der Waals surface area contributed by atoms with E-state index in [0.717, 1.165) is 29.5 Å². The van der Waals surface area contributed by atoms with Crippen molar-refractivity contribution in [3.05, 3.63) is 64.2 Å². The first-order valence-electron chi connectivity index (χ1n) is 7.66. The molecule has 5 heteroatoms. The van der Waals surface area contributed by atoms with E-state index in [9.17, 15) is 4.79 Å². The van der Waals surface area contributed by atoms with E-state index in [4.69, 9.17) is 0 Å². The second-order valence-corrected chi connectivity index (χ2v) is 6.73. The molecule has 0 N–H and O–H groups in total. The van der Waals surface area contributed by atoms with Gasteiger partial charge in [0.15, 0.2) is 0 Å². The SMILES string of the molecule is Cc1cccc(-c2cnc3n2CCN(C(=O)c2cccs2)C3)c1. The van der Waals surface area contributed by atoms with Gasteiger partial charge in [-0.05, 0) is 24.4 Å². The first kappa shape index (κ1) is 14.2. The van der Waals surface area contributed by atoms with E-state index in [1.54, 1.807) is 0 Å². The second-order valence-electron chi connectivity index (χ2n) is 5.78. The molecule has 3 aromatic rings. The molecule has 1 aromatic carbocycles. The van der Waals surface area contributed by atoms with Crippen molar-refractivity contribution in [2.24, 2.45) is 0 Å². The molecule has 23 heavy (non-hydrogen) atoms. The highest BCUT2D eigenvalue weighted by Crippen LogP contribution is 2.25. The van der Waals surface area contributed by atoms with Gasteiger partial charge in [0.2, 0.25) is 0 Å². The first-order chi connectivity index (χ1) is 11.2. The van der Waals surface area contributed by atoms with Gasteiger partial charge in [-0.1, -0.05) is 29.8 Å². The molecule has 2 aromatic heterocycles. The fourth-order valence-corrected chi connectivity index (χ4v) is 3.72. The summed E-state index contributed by atoms with van der Waals surface area (Å²) in [6.45, 7) is 4.18.